The SMILES string of the molecule is [2H]C([2H])([2H])[13C](=O)N[C@H]1[C@H]([C@H](O)[C@H](O)CO)O[C@](OC)(C(=O)O)C[C@@H]1O. The van der Waals surface area contributed by atoms with Gasteiger partial charge in [-0.3, -0.25) is 4.79 Å². The number of carbonyl (C=O) groups excluding carboxylic acids is 1. The minimum atomic E-state index is -3.08. The summed E-state index contributed by atoms with van der Waals surface area (Å²) < 4.78 is 31.0. The number of amides is 1. The van der Waals surface area contributed by atoms with E-state index < -0.39 is 68.0 Å². The molecule has 0 spiro atoms. The number of aliphatic hydroxyl groups excluding tert-OH is 4. The lowest BCUT2D eigenvalue weighted by Crippen LogP contribution is -2.67. The normalized spacial score (nSPS) is 37.3. The van der Waals surface area contributed by atoms with Crippen LogP contribution in [0.4, 0.5) is 0 Å². The summed E-state index contributed by atoms with van der Waals surface area (Å²) in [4.78, 5) is 23.1. The second kappa shape index (κ2) is 7.31. The molecule has 1 heterocycles. The van der Waals surface area contributed by atoms with E-state index in [1.807, 2.05) is 5.32 Å². The maximum absolute atomic E-state index is 11.7. The van der Waals surface area contributed by atoms with Gasteiger partial charge in [-0.05, 0) is 0 Å². The molecule has 1 aliphatic rings. The van der Waals surface area contributed by atoms with Crippen LogP contribution in [0.2, 0.25) is 0 Å². The monoisotopic (exact) mass is 327 g/mol. The Bertz CT molecular complexity index is 503. The molecule has 22 heavy (non-hydrogen) atoms. The lowest BCUT2D eigenvalue weighted by molar-refractivity contribution is -0.303. The zero-order valence-corrected chi connectivity index (χ0v) is 11.7. The second-order valence-electron chi connectivity index (χ2n) is 4.86. The van der Waals surface area contributed by atoms with Crippen LogP contribution in [0, 0.1) is 0 Å². The van der Waals surface area contributed by atoms with Crippen molar-refractivity contribution in [2.75, 3.05) is 13.7 Å². The molecule has 0 aromatic carbocycles. The molecule has 1 rings (SSSR count). The van der Waals surface area contributed by atoms with Gasteiger partial charge in [0.25, 0.3) is 5.79 Å². The Kier molecular flexibility index (Phi) is 4.75. The molecule has 0 radical (unpaired) electrons. The Balaban J connectivity index is 3.20. The average Bonchev–Trinajstić information content (AvgIpc) is 2.53. The molecule has 0 saturated carbocycles. The summed E-state index contributed by atoms with van der Waals surface area (Å²) in [5.41, 5.74) is 0. The van der Waals surface area contributed by atoms with Gasteiger partial charge >= 0.3 is 5.97 Å². The predicted molar refractivity (Wildman–Crippen MR) is 69.6 cm³/mol. The summed E-state index contributed by atoms with van der Waals surface area (Å²) in [6.45, 7) is -4.02. The van der Waals surface area contributed by atoms with E-state index >= 15 is 0 Å². The van der Waals surface area contributed by atoms with Gasteiger partial charge in [-0.15, -0.1) is 0 Å². The average molecular weight is 327 g/mol. The number of carboxylic acid groups (broad SMARTS) is 1. The second-order valence-corrected chi connectivity index (χ2v) is 4.86. The Hall–Kier alpha value is -1.30. The molecule has 0 aromatic rings. The van der Waals surface area contributed by atoms with Crippen LogP contribution in [-0.4, -0.2) is 87.4 Å². The quantitative estimate of drug-likeness (QED) is 0.275. The zero-order valence-electron chi connectivity index (χ0n) is 14.7. The molecule has 1 saturated heterocycles. The van der Waals surface area contributed by atoms with Crippen molar-refractivity contribution in [3.05, 3.63) is 0 Å². The molecule has 0 aromatic heterocycles. The Labute approximate surface area is 130 Å². The molecule has 1 fully saturated rings. The number of methoxy groups -OCH3 is 1. The van der Waals surface area contributed by atoms with Crippen LogP contribution < -0.4 is 5.32 Å². The molecule has 6 N–H and O–H groups in total. The van der Waals surface area contributed by atoms with Crippen LogP contribution in [-0.2, 0) is 19.1 Å². The molecule has 10 nitrogen and oxygen atoms in total. The number of nitrogens with one attached hydrogen (secondary N) is 1. The number of rotatable bonds is 6. The van der Waals surface area contributed by atoms with Gasteiger partial charge in [0.2, 0.25) is 5.91 Å². The van der Waals surface area contributed by atoms with Gasteiger partial charge in [-0.2, -0.15) is 0 Å². The largest absolute Gasteiger partial charge is 0.477 e. The predicted octanol–water partition coefficient (Wildman–Crippen LogP) is -3.22. The number of aliphatic carboxylic acids is 1. The van der Waals surface area contributed by atoms with Gasteiger partial charge < -0.3 is 40.3 Å². The fourth-order valence-electron chi connectivity index (χ4n) is 2.26. The fourth-order valence-corrected chi connectivity index (χ4v) is 2.26. The highest BCUT2D eigenvalue weighted by Gasteiger charge is 2.55. The van der Waals surface area contributed by atoms with Gasteiger partial charge in [-0.1, -0.05) is 0 Å². The third kappa shape index (κ3) is 3.72. The highest BCUT2D eigenvalue weighted by molar-refractivity contribution is 5.76. The first-order valence-electron chi connectivity index (χ1n) is 7.82. The maximum atomic E-state index is 11.7. The highest BCUT2D eigenvalue weighted by atomic mass is 16.7. The third-order valence-electron chi connectivity index (χ3n) is 3.44. The molecule has 1 amide bonds. The van der Waals surface area contributed by atoms with Gasteiger partial charge in [0.1, 0.15) is 18.3 Å². The first kappa shape index (κ1) is 14.3. The van der Waals surface area contributed by atoms with E-state index in [0.29, 0.717) is 0 Å². The molecule has 0 bridgehead atoms. The summed E-state index contributed by atoms with van der Waals surface area (Å²) in [5.74, 6) is -5.53. The van der Waals surface area contributed by atoms with E-state index in [1.165, 1.54) is 0 Å². The van der Waals surface area contributed by atoms with Crippen molar-refractivity contribution in [3.8, 4) is 0 Å². The van der Waals surface area contributed by atoms with E-state index in [0.717, 1.165) is 7.11 Å². The minimum absolute atomic E-state index is 0.691. The first-order chi connectivity index (χ1) is 11.4. The third-order valence-corrected chi connectivity index (χ3v) is 3.44. The molecule has 1 aliphatic heterocycles. The molecule has 128 valence electrons. The summed E-state index contributed by atoms with van der Waals surface area (Å²) >= 11 is 0. The minimum Gasteiger partial charge on any atom is -0.477 e. The molecule has 0 unspecified atom stereocenters. The summed E-state index contributed by atoms with van der Waals surface area (Å²) in [7, 11) is 0.966. The summed E-state index contributed by atoms with van der Waals surface area (Å²) in [6, 6.07) is -1.58. The van der Waals surface area contributed by atoms with E-state index in [-0.39, 0.29) is 0 Å². The van der Waals surface area contributed by atoms with Crippen molar-refractivity contribution in [2.24, 2.45) is 0 Å². The Morgan fingerprint density at radius 3 is 2.64 bits per heavy atom. The highest BCUT2D eigenvalue weighted by Crippen LogP contribution is 2.32. The van der Waals surface area contributed by atoms with Crippen molar-refractivity contribution >= 4 is 11.9 Å². The first-order valence-corrected chi connectivity index (χ1v) is 6.32. The lowest BCUT2D eigenvalue weighted by atomic mass is 9.89. The number of hydrogen-bond acceptors (Lipinski definition) is 8. The Morgan fingerprint density at radius 1 is 1.55 bits per heavy atom. The number of ether oxygens (including phenoxy) is 2. The van der Waals surface area contributed by atoms with Crippen LogP contribution in [0.3, 0.4) is 0 Å². The molecule has 6 atom stereocenters. The molecular weight excluding hydrogens is 303 g/mol. The lowest BCUT2D eigenvalue weighted by Gasteiger charge is -2.46. The van der Waals surface area contributed by atoms with Crippen LogP contribution in [0.1, 0.15) is 17.4 Å². The molecular formula is C12H21NO9. The summed E-state index contributed by atoms with van der Waals surface area (Å²) in [5, 5.41) is 50.0. The number of carboxylic acids is 1. The molecule has 0 aliphatic carbocycles. The van der Waals surface area contributed by atoms with E-state index in [2.05, 4.69) is 0 Å². The van der Waals surface area contributed by atoms with Gasteiger partial charge in [0.15, 0.2) is 0 Å². The zero-order chi connectivity index (χ0) is 19.6. The van der Waals surface area contributed by atoms with Gasteiger partial charge in [-0.25, -0.2) is 4.79 Å². The van der Waals surface area contributed by atoms with Crippen molar-refractivity contribution in [1.29, 1.82) is 0 Å². The summed E-state index contributed by atoms with van der Waals surface area (Å²) in [6.07, 6.45) is -7.94. The fraction of sp³-hybridized carbons (Fsp3) is 0.833. The topological polar surface area (TPSA) is 166 Å². The van der Waals surface area contributed by atoms with E-state index in [1.54, 1.807) is 0 Å². The van der Waals surface area contributed by atoms with Gasteiger partial charge in [0, 0.05) is 24.5 Å². The number of hydrogen-bond donors (Lipinski definition) is 6. The van der Waals surface area contributed by atoms with Gasteiger partial charge in [0.05, 0.1) is 18.8 Å². The van der Waals surface area contributed by atoms with E-state index in [4.69, 9.17) is 18.7 Å². The standard InChI is InChI=1S/C12H21NO9/c1-5(15)13-8-6(16)3-12(21-2,11(19)20)22-10(8)9(18)7(17)4-14/h6-10,14,16-18H,3-4H2,1-2H3,(H,13,15)(H,19,20)/t6-,7+,8+,9+,10+,12-/m0/s1/i1D3,5+1. The maximum Gasteiger partial charge on any atom is 0.364 e. The number of aliphatic hydroxyl groups is 4. The molecule has 10 heteroatoms. The van der Waals surface area contributed by atoms with Crippen molar-refractivity contribution in [1.82, 2.24) is 5.32 Å². The van der Waals surface area contributed by atoms with Crippen LogP contribution in [0.5, 0.6) is 0 Å². The Morgan fingerprint density at radius 2 is 2.18 bits per heavy atom. The van der Waals surface area contributed by atoms with Crippen molar-refractivity contribution < 1.29 is 48.7 Å². The number of carbonyl (C=O) groups is 2. The van der Waals surface area contributed by atoms with Crippen LogP contribution >= 0.6 is 0 Å². The smallest absolute Gasteiger partial charge is 0.364 e. The van der Waals surface area contributed by atoms with Crippen molar-refractivity contribution in [3.63, 3.8) is 0 Å². The van der Waals surface area contributed by atoms with Crippen LogP contribution in [0.15, 0.2) is 0 Å². The van der Waals surface area contributed by atoms with Crippen LogP contribution in [0.25, 0.3) is 0 Å². The van der Waals surface area contributed by atoms with Crippen molar-refractivity contribution in [2.45, 2.75) is 49.5 Å². The van der Waals surface area contributed by atoms with E-state index in [9.17, 15) is 30.0 Å².